The molecule has 1 aromatic heterocycles. The fraction of sp³-hybridized carbons (Fsp3) is 0.412. The van der Waals surface area contributed by atoms with Gasteiger partial charge >= 0.3 is 0 Å². The molecule has 1 unspecified atom stereocenters. The van der Waals surface area contributed by atoms with Crippen molar-refractivity contribution in [2.24, 2.45) is 0 Å². The van der Waals surface area contributed by atoms with Crippen LogP contribution in [0.4, 0.5) is 0 Å². The van der Waals surface area contributed by atoms with Crippen molar-refractivity contribution in [2.75, 3.05) is 13.7 Å². The lowest BCUT2D eigenvalue weighted by molar-refractivity contribution is -0.129. The molecule has 23 heavy (non-hydrogen) atoms. The highest BCUT2D eigenvalue weighted by atomic mass is 32.1. The summed E-state index contributed by atoms with van der Waals surface area (Å²) >= 11 is 1.66. The number of aliphatic hydroxyl groups is 1. The van der Waals surface area contributed by atoms with Gasteiger partial charge in [0.1, 0.15) is 5.75 Å². The Balaban J connectivity index is 1.88. The molecule has 1 atom stereocenters. The lowest BCUT2D eigenvalue weighted by Gasteiger charge is -2.12. The predicted molar refractivity (Wildman–Crippen MR) is 90.9 cm³/mol. The molecular weight excluding hydrogens is 312 g/mol. The molecule has 0 aliphatic carbocycles. The highest BCUT2D eigenvalue weighted by Crippen LogP contribution is 2.20. The maximum atomic E-state index is 12.0. The van der Waals surface area contributed by atoms with Gasteiger partial charge in [-0.2, -0.15) is 0 Å². The third kappa shape index (κ3) is 4.53. The van der Waals surface area contributed by atoms with Gasteiger partial charge in [-0.3, -0.25) is 4.79 Å². The molecule has 0 radical (unpaired) electrons. The van der Waals surface area contributed by atoms with E-state index < -0.39 is 12.0 Å². The summed E-state index contributed by atoms with van der Waals surface area (Å²) < 4.78 is 5.10. The zero-order valence-electron chi connectivity index (χ0n) is 13.6. The van der Waals surface area contributed by atoms with E-state index in [1.165, 1.54) is 4.88 Å². The number of thiazole rings is 1. The van der Waals surface area contributed by atoms with Crippen LogP contribution >= 0.6 is 11.3 Å². The first-order chi connectivity index (χ1) is 11.0. The van der Waals surface area contributed by atoms with Crippen molar-refractivity contribution >= 4 is 17.2 Å². The normalized spacial score (nSPS) is 12.0. The van der Waals surface area contributed by atoms with Gasteiger partial charge in [0.25, 0.3) is 5.91 Å². The summed E-state index contributed by atoms with van der Waals surface area (Å²) in [6.45, 7) is 4.60. The summed E-state index contributed by atoms with van der Waals surface area (Å²) in [5.41, 5.74) is 1.63. The Morgan fingerprint density at radius 1 is 1.48 bits per heavy atom. The van der Waals surface area contributed by atoms with Gasteiger partial charge in [0, 0.05) is 17.8 Å². The van der Waals surface area contributed by atoms with E-state index in [-0.39, 0.29) is 0 Å². The quantitative estimate of drug-likeness (QED) is 0.816. The molecule has 2 N–H and O–H groups in total. The Morgan fingerprint density at radius 2 is 2.26 bits per heavy atom. The first kappa shape index (κ1) is 17.4. The van der Waals surface area contributed by atoms with E-state index in [9.17, 15) is 9.90 Å². The van der Waals surface area contributed by atoms with Crippen LogP contribution in [0, 0.1) is 6.92 Å². The number of amides is 1. The van der Waals surface area contributed by atoms with Crippen molar-refractivity contribution in [1.82, 2.24) is 10.3 Å². The fourth-order valence-corrected chi connectivity index (χ4v) is 3.30. The van der Waals surface area contributed by atoms with Crippen LogP contribution in [0.5, 0.6) is 5.75 Å². The SMILES string of the molecule is CCc1nc(CCNC(=O)C(O)c2cccc(OC)c2)sc1C. The monoisotopic (exact) mass is 334 g/mol. The third-order valence-electron chi connectivity index (χ3n) is 3.57. The minimum Gasteiger partial charge on any atom is -0.497 e. The van der Waals surface area contributed by atoms with Crippen LogP contribution in [0.1, 0.15) is 34.2 Å². The number of ether oxygens (including phenoxy) is 1. The molecule has 1 amide bonds. The lowest BCUT2D eigenvalue weighted by atomic mass is 10.1. The van der Waals surface area contributed by atoms with Crippen molar-refractivity contribution in [3.05, 3.63) is 45.4 Å². The van der Waals surface area contributed by atoms with Gasteiger partial charge in [-0.05, 0) is 31.0 Å². The minimum atomic E-state index is -1.20. The van der Waals surface area contributed by atoms with E-state index in [0.29, 0.717) is 24.3 Å². The van der Waals surface area contributed by atoms with Crippen LogP contribution < -0.4 is 10.1 Å². The molecule has 6 heteroatoms. The molecule has 2 aromatic rings. The van der Waals surface area contributed by atoms with E-state index in [4.69, 9.17) is 4.74 Å². The maximum Gasteiger partial charge on any atom is 0.253 e. The number of nitrogens with one attached hydrogen (secondary N) is 1. The molecule has 0 fully saturated rings. The largest absolute Gasteiger partial charge is 0.497 e. The zero-order chi connectivity index (χ0) is 16.8. The summed E-state index contributed by atoms with van der Waals surface area (Å²) in [6.07, 6.45) is 0.389. The number of aliphatic hydroxyl groups excluding tert-OH is 1. The standard InChI is InChI=1S/C17H22N2O3S/c1-4-14-11(2)23-15(19-14)8-9-18-17(21)16(20)12-6-5-7-13(10-12)22-3/h5-7,10,16,20H,4,8-9H2,1-3H3,(H,18,21). The van der Waals surface area contributed by atoms with Crippen LogP contribution in [0.2, 0.25) is 0 Å². The zero-order valence-corrected chi connectivity index (χ0v) is 14.4. The van der Waals surface area contributed by atoms with Gasteiger partial charge < -0.3 is 15.2 Å². The number of carbonyl (C=O) groups excluding carboxylic acids is 1. The molecule has 0 saturated carbocycles. The van der Waals surface area contributed by atoms with Crippen molar-refractivity contribution in [3.8, 4) is 5.75 Å². The second-order valence-electron chi connectivity index (χ2n) is 5.18. The molecule has 5 nitrogen and oxygen atoms in total. The number of hydrogen-bond donors (Lipinski definition) is 2. The van der Waals surface area contributed by atoms with Gasteiger partial charge in [-0.1, -0.05) is 19.1 Å². The molecule has 0 aliphatic rings. The van der Waals surface area contributed by atoms with E-state index in [2.05, 4.69) is 24.1 Å². The van der Waals surface area contributed by atoms with Crippen LogP contribution in [0.25, 0.3) is 0 Å². The summed E-state index contributed by atoms with van der Waals surface area (Å²) in [4.78, 5) is 17.8. The third-order valence-corrected chi connectivity index (χ3v) is 4.64. The van der Waals surface area contributed by atoms with Gasteiger partial charge in [0.05, 0.1) is 17.8 Å². The first-order valence-electron chi connectivity index (χ1n) is 7.60. The number of rotatable bonds is 7. The van der Waals surface area contributed by atoms with Gasteiger partial charge in [0.2, 0.25) is 0 Å². The van der Waals surface area contributed by atoms with Crippen molar-refractivity contribution in [2.45, 2.75) is 32.8 Å². The smallest absolute Gasteiger partial charge is 0.253 e. The second kappa shape index (κ2) is 8.08. The summed E-state index contributed by atoms with van der Waals surface area (Å²) in [5.74, 6) is 0.196. The Bertz CT molecular complexity index is 670. The second-order valence-corrected chi connectivity index (χ2v) is 6.47. The number of hydrogen-bond acceptors (Lipinski definition) is 5. The fourth-order valence-electron chi connectivity index (χ4n) is 2.27. The predicted octanol–water partition coefficient (Wildman–Crippen LogP) is 2.41. The van der Waals surface area contributed by atoms with E-state index >= 15 is 0 Å². The molecule has 0 spiro atoms. The van der Waals surface area contributed by atoms with Gasteiger partial charge in [0.15, 0.2) is 6.10 Å². The van der Waals surface area contributed by atoms with Crippen molar-refractivity contribution in [3.63, 3.8) is 0 Å². The number of methoxy groups -OCH3 is 1. The molecule has 0 saturated heterocycles. The first-order valence-corrected chi connectivity index (χ1v) is 8.41. The van der Waals surface area contributed by atoms with E-state index in [0.717, 1.165) is 17.1 Å². The Hall–Kier alpha value is -1.92. The van der Waals surface area contributed by atoms with Crippen LogP contribution in [0.3, 0.4) is 0 Å². The van der Waals surface area contributed by atoms with Crippen molar-refractivity contribution in [1.29, 1.82) is 0 Å². The van der Waals surface area contributed by atoms with Gasteiger partial charge in [-0.15, -0.1) is 11.3 Å². The average Bonchev–Trinajstić information content (AvgIpc) is 2.93. The summed E-state index contributed by atoms with van der Waals surface area (Å²) in [5, 5.41) is 13.9. The Kier molecular flexibility index (Phi) is 6.12. The average molecular weight is 334 g/mol. The highest BCUT2D eigenvalue weighted by molar-refractivity contribution is 7.11. The van der Waals surface area contributed by atoms with Gasteiger partial charge in [-0.25, -0.2) is 4.98 Å². The molecular formula is C17H22N2O3S. The maximum absolute atomic E-state index is 12.0. The molecule has 1 heterocycles. The van der Waals surface area contributed by atoms with Crippen LogP contribution in [-0.4, -0.2) is 29.7 Å². The molecule has 1 aromatic carbocycles. The molecule has 0 bridgehead atoms. The number of aryl methyl sites for hydroxylation is 2. The van der Waals surface area contributed by atoms with E-state index in [1.54, 1.807) is 42.7 Å². The lowest BCUT2D eigenvalue weighted by Crippen LogP contribution is -2.31. The molecule has 2 rings (SSSR count). The van der Waals surface area contributed by atoms with Crippen molar-refractivity contribution < 1.29 is 14.6 Å². The topological polar surface area (TPSA) is 71.5 Å². The summed E-state index contributed by atoms with van der Waals surface area (Å²) in [7, 11) is 1.55. The number of aromatic nitrogens is 1. The van der Waals surface area contributed by atoms with Crippen LogP contribution in [-0.2, 0) is 17.6 Å². The summed E-state index contributed by atoms with van der Waals surface area (Å²) in [6, 6.07) is 6.87. The number of nitrogens with zero attached hydrogens (tertiary/aromatic N) is 1. The Labute approximate surface area is 140 Å². The van der Waals surface area contributed by atoms with E-state index in [1.807, 2.05) is 0 Å². The number of benzene rings is 1. The van der Waals surface area contributed by atoms with Crippen LogP contribution in [0.15, 0.2) is 24.3 Å². The molecule has 124 valence electrons. The molecule has 0 aliphatic heterocycles. The number of carbonyl (C=O) groups is 1. The minimum absolute atomic E-state index is 0.415. The Morgan fingerprint density at radius 3 is 2.91 bits per heavy atom. The highest BCUT2D eigenvalue weighted by Gasteiger charge is 2.17.